The molecule has 1 saturated heterocycles. The van der Waals surface area contributed by atoms with Gasteiger partial charge in [-0.3, -0.25) is 0 Å². The van der Waals surface area contributed by atoms with Crippen LogP contribution >= 0.6 is 11.6 Å². The minimum Gasteiger partial charge on any atom is -0.300 e. The normalized spacial score (nSPS) is 33.9. The molecule has 0 radical (unpaired) electrons. The van der Waals surface area contributed by atoms with Crippen LogP contribution in [0.15, 0.2) is 0 Å². The van der Waals surface area contributed by atoms with Gasteiger partial charge >= 0.3 is 0 Å². The Hall–Kier alpha value is 0.200. The van der Waals surface area contributed by atoms with Crippen molar-refractivity contribution >= 4 is 21.4 Å². The quantitative estimate of drug-likeness (QED) is 0.713. The van der Waals surface area contributed by atoms with Crippen LogP contribution in [0.5, 0.6) is 0 Å². The summed E-state index contributed by atoms with van der Waals surface area (Å²) in [6.45, 7) is 7.87. The zero-order chi connectivity index (χ0) is 11.6. The summed E-state index contributed by atoms with van der Waals surface area (Å²) in [6.07, 6.45) is 0. The highest BCUT2D eigenvalue weighted by Crippen LogP contribution is 2.19. The topological polar surface area (TPSA) is 37.4 Å². The lowest BCUT2D eigenvalue weighted by Gasteiger charge is -2.35. The molecule has 1 fully saturated rings. The van der Waals surface area contributed by atoms with Crippen molar-refractivity contribution in [1.82, 2.24) is 4.90 Å². The number of alkyl halides is 1. The van der Waals surface area contributed by atoms with E-state index in [1.165, 1.54) is 0 Å². The van der Waals surface area contributed by atoms with E-state index in [2.05, 4.69) is 11.8 Å². The van der Waals surface area contributed by atoms with Gasteiger partial charge in [-0.2, -0.15) is 0 Å². The number of rotatable bonds is 3. The van der Waals surface area contributed by atoms with Gasteiger partial charge in [0.25, 0.3) is 0 Å². The van der Waals surface area contributed by atoms with Gasteiger partial charge in [-0.25, -0.2) is 8.42 Å². The smallest absolute Gasteiger partial charge is 0.157 e. The van der Waals surface area contributed by atoms with Crippen LogP contribution in [0.4, 0.5) is 0 Å². The summed E-state index contributed by atoms with van der Waals surface area (Å²) >= 11 is 5.76. The third-order valence-electron chi connectivity index (χ3n) is 2.99. The maximum atomic E-state index is 11.8. The van der Waals surface area contributed by atoms with Gasteiger partial charge in [-0.15, -0.1) is 11.6 Å². The van der Waals surface area contributed by atoms with E-state index in [1.807, 2.05) is 0 Å². The fourth-order valence-electron chi connectivity index (χ4n) is 2.04. The first-order valence-electron chi connectivity index (χ1n) is 5.39. The average Bonchev–Trinajstić information content (AvgIpc) is 2.15. The highest BCUT2D eigenvalue weighted by molar-refractivity contribution is 7.92. The third kappa shape index (κ3) is 3.08. The van der Waals surface area contributed by atoms with E-state index in [4.69, 9.17) is 11.6 Å². The molecule has 1 aliphatic rings. The van der Waals surface area contributed by atoms with E-state index in [0.717, 1.165) is 6.54 Å². The van der Waals surface area contributed by atoms with Crippen molar-refractivity contribution in [2.24, 2.45) is 5.92 Å². The van der Waals surface area contributed by atoms with Crippen LogP contribution in [0.2, 0.25) is 0 Å². The molecule has 0 spiro atoms. The Balaban J connectivity index is 2.61. The third-order valence-corrected chi connectivity index (χ3v) is 6.05. The van der Waals surface area contributed by atoms with E-state index < -0.39 is 9.84 Å². The van der Waals surface area contributed by atoms with Gasteiger partial charge in [0.05, 0.1) is 10.5 Å². The summed E-state index contributed by atoms with van der Waals surface area (Å²) in [7, 11) is -2.89. The monoisotopic (exact) mass is 253 g/mol. The summed E-state index contributed by atoms with van der Waals surface area (Å²) in [5, 5.41) is -0.493. The first-order chi connectivity index (χ1) is 6.87. The molecular weight excluding hydrogens is 234 g/mol. The second kappa shape index (κ2) is 5.02. The molecule has 0 N–H and O–H groups in total. The molecule has 0 bridgehead atoms. The SMILES string of the molecule is CC(CCl)CN1CC(C)S(=O)(=O)C(C)C1. The first kappa shape index (κ1) is 13.3. The summed E-state index contributed by atoms with van der Waals surface area (Å²) in [4.78, 5) is 2.21. The maximum absolute atomic E-state index is 11.8. The summed E-state index contributed by atoms with van der Waals surface area (Å²) in [5.41, 5.74) is 0. The van der Waals surface area contributed by atoms with Gasteiger partial charge in [0.1, 0.15) is 0 Å². The summed E-state index contributed by atoms with van der Waals surface area (Å²) < 4.78 is 23.5. The van der Waals surface area contributed by atoms with Crippen LogP contribution in [-0.4, -0.2) is 49.3 Å². The molecule has 3 nitrogen and oxygen atoms in total. The van der Waals surface area contributed by atoms with Gasteiger partial charge in [-0.1, -0.05) is 6.92 Å². The highest BCUT2D eigenvalue weighted by Gasteiger charge is 2.35. The molecule has 1 rings (SSSR count). The minimum absolute atomic E-state index is 0.247. The van der Waals surface area contributed by atoms with Gasteiger partial charge in [0.2, 0.25) is 0 Å². The molecule has 1 aliphatic heterocycles. The molecule has 1 heterocycles. The molecule has 3 atom stereocenters. The minimum atomic E-state index is -2.89. The summed E-state index contributed by atoms with van der Waals surface area (Å²) in [6, 6.07) is 0. The van der Waals surface area contributed by atoms with E-state index in [9.17, 15) is 8.42 Å². The molecular formula is C10H20ClNO2S. The van der Waals surface area contributed by atoms with Crippen LogP contribution in [0.1, 0.15) is 20.8 Å². The molecule has 90 valence electrons. The van der Waals surface area contributed by atoms with Crippen LogP contribution in [0.25, 0.3) is 0 Å². The molecule has 3 unspecified atom stereocenters. The largest absolute Gasteiger partial charge is 0.300 e. The van der Waals surface area contributed by atoms with Crippen molar-refractivity contribution in [3.8, 4) is 0 Å². The lowest BCUT2D eigenvalue weighted by molar-refractivity contribution is 0.235. The van der Waals surface area contributed by atoms with Crippen molar-refractivity contribution in [3.63, 3.8) is 0 Å². The molecule has 0 aromatic rings. The van der Waals surface area contributed by atoms with E-state index in [0.29, 0.717) is 24.9 Å². The Bertz CT molecular complexity index is 287. The van der Waals surface area contributed by atoms with E-state index >= 15 is 0 Å². The Labute approximate surface area is 97.7 Å². The Morgan fingerprint density at radius 1 is 1.33 bits per heavy atom. The maximum Gasteiger partial charge on any atom is 0.157 e. The lowest BCUT2D eigenvalue weighted by Crippen LogP contribution is -2.51. The molecule has 15 heavy (non-hydrogen) atoms. The van der Waals surface area contributed by atoms with E-state index in [-0.39, 0.29) is 10.5 Å². The zero-order valence-corrected chi connectivity index (χ0v) is 11.2. The predicted octanol–water partition coefficient (Wildman–Crippen LogP) is 1.37. The number of hydrogen-bond acceptors (Lipinski definition) is 3. The predicted molar refractivity (Wildman–Crippen MR) is 64.2 cm³/mol. The number of halogens is 1. The van der Waals surface area contributed by atoms with Crippen molar-refractivity contribution < 1.29 is 8.42 Å². The van der Waals surface area contributed by atoms with Crippen molar-refractivity contribution in [2.75, 3.05) is 25.5 Å². The first-order valence-corrected chi connectivity index (χ1v) is 7.53. The Morgan fingerprint density at radius 3 is 2.20 bits per heavy atom. The van der Waals surface area contributed by atoms with Gasteiger partial charge in [0, 0.05) is 25.5 Å². The van der Waals surface area contributed by atoms with E-state index in [1.54, 1.807) is 13.8 Å². The van der Waals surface area contributed by atoms with Crippen molar-refractivity contribution in [2.45, 2.75) is 31.3 Å². The van der Waals surface area contributed by atoms with Crippen molar-refractivity contribution in [1.29, 1.82) is 0 Å². The number of sulfone groups is 1. The highest BCUT2D eigenvalue weighted by atomic mass is 35.5. The molecule has 5 heteroatoms. The second-order valence-corrected chi connectivity index (χ2v) is 7.78. The summed E-state index contributed by atoms with van der Waals surface area (Å²) in [5.74, 6) is 1.05. The van der Waals surface area contributed by atoms with Crippen LogP contribution in [0, 0.1) is 5.92 Å². The number of nitrogens with zero attached hydrogens (tertiary/aromatic N) is 1. The van der Waals surface area contributed by atoms with Gasteiger partial charge in [0.15, 0.2) is 9.84 Å². The zero-order valence-electron chi connectivity index (χ0n) is 9.61. The Kier molecular flexibility index (Phi) is 4.44. The molecule has 0 aromatic heterocycles. The lowest BCUT2D eigenvalue weighted by atomic mass is 10.2. The molecule has 0 aliphatic carbocycles. The average molecular weight is 254 g/mol. The van der Waals surface area contributed by atoms with Crippen LogP contribution < -0.4 is 0 Å². The fraction of sp³-hybridized carbons (Fsp3) is 1.00. The molecule has 0 aromatic carbocycles. The van der Waals surface area contributed by atoms with Crippen LogP contribution in [0.3, 0.4) is 0 Å². The van der Waals surface area contributed by atoms with Crippen molar-refractivity contribution in [3.05, 3.63) is 0 Å². The standard InChI is InChI=1S/C10H20ClNO2S/c1-8(4-11)5-12-6-9(2)15(13,14)10(3)7-12/h8-10H,4-7H2,1-3H3. The molecule has 0 amide bonds. The molecule has 0 saturated carbocycles. The van der Waals surface area contributed by atoms with Crippen LogP contribution in [-0.2, 0) is 9.84 Å². The van der Waals surface area contributed by atoms with Gasteiger partial charge in [-0.05, 0) is 19.8 Å². The Morgan fingerprint density at radius 2 is 1.80 bits per heavy atom. The fourth-order valence-corrected chi connectivity index (χ4v) is 3.77. The van der Waals surface area contributed by atoms with Gasteiger partial charge < -0.3 is 4.90 Å². The number of hydrogen-bond donors (Lipinski definition) is 0. The second-order valence-electron chi connectivity index (χ2n) is 4.69.